The third-order valence-corrected chi connectivity index (χ3v) is 3.55. The summed E-state index contributed by atoms with van der Waals surface area (Å²) in [5.74, 6) is -4.81. The first-order chi connectivity index (χ1) is 11.9. The normalized spacial score (nSPS) is 10.7. The van der Waals surface area contributed by atoms with Crippen molar-refractivity contribution in [1.29, 1.82) is 0 Å². The van der Waals surface area contributed by atoms with Crippen LogP contribution in [-0.4, -0.2) is 9.91 Å². The SMILES string of the molecule is O=[N+]([O-])c1cnc(-c2cccc(F)c2F)cc1-c1cccc(F)c1F. The molecule has 0 amide bonds. The van der Waals surface area contributed by atoms with Gasteiger partial charge in [0.1, 0.15) is 6.20 Å². The molecule has 0 N–H and O–H groups in total. The Hall–Kier alpha value is -3.29. The van der Waals surface area contributed by atoms with Crippen molar-refractivity contribution < 1.29 is 22.5 Å². The number of nitro groups is 1. The quantitative estimate of drug-likeness (QED) is 0.385. The van der Waals surface area contributed by atoms with Crippen molar-refractivity contribution in [2.75, 3.05) is 0 Å². The van der Waals surface area contributed by atoms with E-state index in [2.05, 4.69) is 4.98 Å². The molecule has 1 heterocycles. The predicted octanol–water partition coefficient (Wildman–Crippen LogP) is 4.88. The summed E-state index contributed by atoms with van der Waals surface area (Å²) in [6.45, 7) is 0. The highest BCUT2D eigenvalue weighted by molar-refractivity contribution is 5.78. The lowest BCUT2D eigenvalue weighted by Gasteiger charge is -2.08. The summed E-state index contributed by atoms with van der Waals surface area (Å²) in [7, 11) is 0. The van der Waals surface area contributed by atoms with E-state index in [0.29, 0.717) is 0 Å². The molecule has 0 saturated heterocycles. The van der Waals surface area contributed by atoms with Crippen molar-refractivity contribution in [2.45, 2.75) is 0 Å². The highest BCUT2D eigenvalue weighted by Crippen LogP contribution is 2.35. The fourth-order valence-corrected chi connectivity index (χ4v) is 2.37. The molecule has 3 rings (SSSR count). The van der Waals surface area contributed by atoms with Crippen LogP contribution in [0.15, 0.2) is 48.7 Å². The molecule has 0 fully saturated rings. The lowest BCUT2D eigenvalue weighted by molar-refractivity contribution is -0.384. The molecular weight excluding hydrogens is 340 g/mol. The van der Waals surface area contributed by atoms with Gasteiger partial charge in [0.15, 0.2) is 23.3 Å². The van der Waals surface area contributed by atoms with Gasteiger partial charge in [0.25, 0.3) is 5.69 Å². The van der Waals surface area contributed by atoms with Crippen LogP contribution in [0.4, 0.5) is 23.2 Å². The van der Waals surface area contributed by atoms with Gasteiger partial charge < -0.3 is 0 Å². The van der Waals surface area contributed by atoms with Crippen LogP contribution in [0.3, 0.4) is 0 Å². The Kier molecular flexibility index (Phi) is 4.18. The monoisotopic (exact) mass is 348 g/mol. The summed E-state index contributed by atoms with van der Waals surface area (Å²) < 4.78 is 54.9. The van der Waals surface area contributed by atoms with Crippen LogP contribution in [-0.2, 0) is 0 Å². The van der Waals surface area contributed by atoms with Gasteiger partial charge in [-0.25, -0.2) is 22.5 Å². The maximum absolute atomic E-state index is 14.1. The predicted molar refractivity (Wildman–Crippen MR) is 81.6 cm³/mol. The highest BCUT2D eigenvalue weighted by atomic mass is 19.2. The summed E-state index contributed by atoms with van der Waals surface area (Å²) in [4.78, 5) is 14.1. The largest absolute Gasteiger partial charge is 0.295 e. The van der Waals surface area contributed by atoms with Crippen molar-refractivity contribution in [3.63, 3.8) is 0 Å². The molecule has 25 heavy (non-hydrogen) atoms. The van der Waals surface area contributed by atoms with Gasteiger partial charge >= 0.3 is 0 Å². The number of hydrogen-bond acceptors (Lipinski definition) is 3. The minimum atomic E-state index is -1.29. The van der Waals surface area contributed by atoms with Crippen LogP contribution in [0.2, 0.25) is 0 Å². The van der Waals surface area contributed by atoms with Crippen LogP contribution in [0.5, 0.6) is 0 Å². The molecule has 0 aliphatic heterocycles. The number of hydrogen-bond donors (Lipinski definition) is 0. The lowest BCUT2D eigenvalue weighted by Crippen LogP contribution is -1.99. The van der Waals surface area contributed by atoms with Gasteiger partial charge in [0.05, 0.1) is 16.2 Å². The van der Waals surface area contributed by atoms with Crippen LogP contribution in [0.1, 0.15) is 0 Å². The maximum atomic E-state index is 14.1. The number of aromatic nitrogens is 1. The Labute approximate surface area is 138 Å². The second kappa shape index (κ2) is 6.31. The smallest absolute Gasteiger partial charge is 0.258 e. The van der Waals surface area contributed by atoms with E-state index < -0.39 is 33.9 Å². The van der Waals surface area contributed by atoms with Crippen LogP contribution in [0.25, 0.3) is 22.4 Å². The van der Waals surface area contributed by atoms with Crippen molar-refractivity contribution >= 4 is 5.69 Å². The first-order valence-electron chi connectivity index (χ1n) is 6.93. The molecule has 0 bridgehead atoms. The molecule has 0 aliphatic carbocycles. The van der Waals surface area contributed by atoms with Crippen molar-refractivity contribution in [1.82, 2.24) is 4.98 Å². The van der Waals surface area contributed by atoms with E-state index in [1.54, 1.807) is 0 Å². The van der Waals surface area contributed by atoms with Gasteiger partial charge in [-0.2, -0.15) is 0 Å². The van der Waals surface area contributed by atoms with Gasteiger partial charge in [-0.3, -0.25) is 10.1 Å². The Morgan fingerprint density at radius 1 is 0.840 bits per heavy atom. The second-order valence-electron chi connectivity index (χ2n) is 5.05. The minimum Gasteiger partial charge on any atom is -0.258 e. The summed E-state index contributed by atoms with van der Waals surface area (Å²) in [5, 5.41) is 11.2. The number of benzene rings is 2. The summed E-state index contributed by atoms with van der Waals surface area (Å²) in [5.41, 5.74) is -1.68. The summed E-state index contributed by atoms with van der Waals surface area (Å²) >= 11 is 0. The Balaban J connectivity index is 2.28. The van der Waals surface area contributed by atoms with Crippen molar-refractivity contribution in [3.05, 3.63) is 82.0 Å². The second-order valence-corrected chi connectivity index (χ2v) is 5.05. The minimum absolute atomic E-state index is 0.152. The van der Waals surface area contributed by atoms with Crippen LogP contribution >= 0.6 is 0 Å². The van der Waals surface area contributed by atoms with E-state index in [1.165, 1.54) is 18.2 Å². The summed E-state index contributed by atoms with van der Waals surface area (Å²) in [6.07, 6.45) is 0.791. The third-order valence-electron chi connectivity index (χ3n) is 3.55. The first kappa shape index (κ1) is 16.6. The Morgan fingerprint density at radius 2 is 1.40 bits per heavy atom. The zero-order valence-electron chi connectivity index (χ0n) is 12.3. The number of rotatable bonds is 3. The first-order valence-corrected chi connectivity index (χ1v) is 6.93. The molecule has 0 aliphatic rings. The molecule has 0 unspecified atom stereocenters. The zero-order chi connectivity index (χ0) is 18.1. The highest BCUT2D eigenvalue weighted by Gasteiger charge is 2.22. The Bertz CT molecular complexity index is 992. The van der Waals surface area contributed by atoms with Gasteiger partial charge in [-0.1, -0.05) is 18.2 Å². The van der Waals surface area contributed by atoms with E-state index in [9.17, 15) is 27.7 Å². The molecule has 126 valence electrons. The van der Waals surface area contributed by atoms with Gasteiger partial charge in [0, 0.05) is 11.1 Å². The van der Waals surface area contributed by atoms with Crippen LogP contribution in [0, 0.1) is 33.4 Å². The zero-order valence-corrected chi connectivity index (χ0v) is 12.3. The van der Waals surface area contributed by atoms with Crippen molar-refractivity contribution in [3.8, 4) is 22.4 Å². The maximum Gasteiger partial charge on any atom is 0.295 e. The number of pyridine rings is 1. The van der Waals surface area contributed by atoms with E-state index in [1.807, 2.05) is 0 Å². The fourth-order valence-electron chi connectivity index (χ4n) is 2.37. The molecule has 0 radical (unpaired) electrons. The molecule has 4 nitrogen and oxygen atoms in total. The van der Waals surface area contributed by atoms with Gasteiger partial charge in [-0.05, 0) is 24.3 Å². The average Bonchev–Trinajstić information content (AvgIpc) is 2.59. The number of nitrogens with zero attached hydrogens (tertiary/aromatic N) is 2. The van der Waals surface area contributed by atoms with Gasteiger partial charge in [0.2, 0.25) is 0 Å². The standard InChI is InChI=1S/C17H8F4N2O2/c18-12-5-1-3-9(16(12)20)11-7-14(22-8-15(11)23(24)25)10-4-2-6-13(19)17(10)21/h1-8H. The lowest BCUT2D eigenvalue weighted by atomic mass is 10.0. The van der Waals surface area contributed by atoms with Crippen molar-refractivity contribution in [2.24, 2.45) is 0 Å². The van der Waals surface area contributed by atoms with E-state index >= 15 is 0 Å². The Morgan fingerprint density at radius 3 is 2.00 bits per heavy atom. The molecule has 3 aromatic rings. The number of halogens is 4. The fraction of sp³-hybridized carbons (Fsp3) is 0. The molecule has 0 spiro atoms. The molecule has 1 aromatic heterocycles. The molecule has 0 atom stereocenters. The molecule has 8 heteroatoms. The van der Waals surface area contributed by atoms with Gasteiger partial charge in [-0.15, -0.1) is 0 Å². The molecular formula is C17H8F4N2O2. The molecule has 2 aromatic carbocycles. The topological polar surface area (TPSA) is 56.0 Å². The summed E-state index contributed by atoms with van der Waals surface area (Å²) in [6, 6.07) is 7.56. The third kappa shape index (κ3) is 2.93. The average molecular weight is 348 g/mol. The van der Waals surface area contributed by atoms with E-state index in [4.69, 9.17) is 0 Å². The van der Waals surface area contributed by atoms with Crippen LogP contribution < -0.4 is 0 Å². The van der Waals surface area contributed by atoms with E-state index in [-0.39, 0.29) is 22.4 Å². The molecule has 0 saturated carbocycles. The van der Waals surface area contributed by atoms with E-state index in [0.717, 1.165) is 30.5 Å².